The molecule has 0 bridgehead atoms. The normalized spacial score (nSPS) is 24.2. The van der Waals surface area contributed by atoms with Gasteiger partial charge in [0, 0.05) is 5.92 Å². The molecule has 4 N–H and O–H groups in total. The van der Waals surface area contributed by atoms with Crippen LogP contribution in [-0.2, 0) is 4.79 Å². The van der Waals surface area contributed by atoms with Gasteiger partial charge in [-0.05, 0) is 17.3 Å². The Balaban J connectivity index is 2.69. The highest BCUT2D eigenvalue weighted by atomic mass is 16.4. The summed E-state index contributed by atoms with van der Waals surface area (Å²) in [6.45, 7) is 10.2. The molecule has 0 heterocycles. The Bertz CT molecular complexity index is 334. The van der Waals surface area contributed by atoms with Gasteiger partial charge in [-0.1, -0.05) is 39.8 Å². The Morgan fingerprint density at radius 1 is 1.41 bits per heavy atom. The number of nitrogens with one attached hydrogen (secondary N) is 1. The topological polar surface area (TPSA) is 87.7 Å². The number of rotatable bonds is 4. The van der Waals surface area contributed by atoms with E-state index in [0.717, 1.165) is 0 Å². The van der Waals surface area contributed by atoms with Crippen LogP contribution in [0.25, 0.3) is 0 Å². The Morgan fingerprint density at radius 3 is 2.18 bits per heavy atom. The van der Waals surface area contributed by atoms with Gasteiger partial charge in [0.25, 0.3) is 0 Å². The summed E-state index contributed by atoms with van der Waals surface area (Å²) in [6, 6.07) is -0.389. The van der Waals surface area contributed by atoms with Crippen molar-refractivity contribution in [1.82, 2.24) is 5.32 Å². The first-order chi connectivity index (χ1) is 7.70. The molecule has 1 fully saturated rings. The largest absolute Gasteiger partial charge is 0.409 e. The second kappa shape index (κ2) is 4.20. The molecule has 0 aliphatic heterocycles. The first kappa shape index (κ1) is 13.8. The third kappa shape index (κ3) is 2.10. The summed E-state index contributed by atoms with van der Waals surface area (Å²) in [5, 5.41) is 14.4. The molecule has 5 heteroatoms. The number of hydrogen-bond acceptors (Lipinski definition) is 3. The van der Waals surface area contributed by atoms with E-state index in [9.17, 15) is 4.79 Å². The van der Waals surface area contributed by atoms with Crippen LogP contribution in [0.5, 0.6) is 0 Å². The molecule has 1 saturated carbocycles. The van der Waals surface area contributed by atoms with Gasteiger partial charge in [0.05, 0.1) is 6.04 Å². The van der Waals surface area contributed by atoms with Crippen LogP contribution in [0.3, 0.4) is 0 Å². The zero-order valence-electron chi connectivity index (χ0n) is 11.2. The summed E-state index contributed by atoms with van der Waals surface area (Å²) in [5.74, 6) is 0.0195. The molecular formula is C12H23N3O2. The van der Waals surface area contributed by atoms with E-state index in [4.69, 9.17) is 10.9 Å². The Morgan fingerprint density at radius 2 is 1.88 bits per heavy atom. The van der Waals surface area contributed by atoms with Crippen LogP contribution in [0.2, 0.25) is 0 Å². The molecule has 1 atom stereocenters. The fourth-order valence-electron chi connectivity index (χ4n) is 2.56. The third-order valence-electron chi connectivity index (χ3n) is 4.48. The van der Waals surface area contributed by atoms with Gasteiger partial charge in [-0.3, -0.25) is 4.79 Å². The van der Waals surface area contributed by atoms with Crippen molar-refractivity contribution in [1.29, 1.82) is 0 Å². The molecule has 0 aromatic carbocycles. The van der Waals surface area contributed by atoms with E-state index in [-0.39, 0.29) is 34.5 Å². The summed E-state index contributed by atoms with van der Waals surface area (Å²) < 4.78 is 0. The van der Waals surface area contributed by atoms with Crippen molar-refractivity contribution in [2.45, 2.75) is 47.1 Å². The monoisotopic (exact) mass is 241 g/mol. The first-order valence-corrected chi connectivity index (χ1v) is 5.98. The number of carbonyl (C=O) groups excluding carboxylic acids is 1. The highest BCUT2D eigenvalue weighted by Gasteiger charge is 2.68. The SMILES string of the molecule is CCC(NC(=O)C1C(C)(C)C1(C)C)C(N)=NO. The maximum absolute atomic E-state index is 12.1. The van der Waals surface area contributed by atoms with Gasteiger partial charge in [-0.2, -0.15) is 0 Å². The van der Waals surface area contributed by atoms with Crippen molar-refractivity contribution < 1.29 is 10.0 Å². The van der Waals surface area contributed by atoms with Crippen LogP contribution in [0.1, 0.15) is 41.0 Å². The van der Waals surface area contributed by atoms with E-state index in [1.807, 2.05) is 6.92 Å². The smallest absolute Gasteiger partial charge is 0.224 e. The van der Waals surface area contributed by atoms with Crippen molar-refractivity contribution in [3.63, 3.8) is 0 Å². The molecule has 98 valence electrons. The number of nitrogens with two attached hydrogens (primary N) is 1. The number of amidine groups is 1. The lowest BCUT2D eigenvalue weighted by atomic mass is 10.0. The zero-order valence-corrected chi connectivity index (χ0v) is 11.2. The van der Waals surface area contributed by atoms with Gasteiger partial charge >= 0.3 is 0 Å². The summed E-state index contributed by atoms with van der Waals surface area (Å²) in [4.78, 5) is 12.1. The van der Waals surface area contributed by atoms with Gasteiger partial charge in [-0.15, -0.1) is 0 Å². The van der Waals surface area contributed by atoms with E-state index in [2.05, 4.69) is 38.2 Å². The Hall–Kier alpha value is -1.26. The zero-order chi connectivity index (χ0) is 13.4. The van der Waals surface area contributed by atoms with Crippen LogP contribution in [-0.4, -0.2) is 23.0 Å². The number of nitrogens with zero attached hydrogens (tertiary/aromatic N) is 1. The van der Waals surface area contributed by atoms with Crippen LogP contribution in [0.4, 0.5) is 0 Å². The maximum Gasteiger partial charge on any atom is 0.224 e. The molecule has 1 rings (SSSR count). The molecule has 1 aliphatic rings. The highest BCUT2D eigenvalue weighted by Crippen LogP contribution is 2.68. The standard InChI is InChI=1S/C12H23N3O2/c1-6-7(9(13)15-17)14-10(16)8-11(2,3)12(8,4)5/h7-8,17H,6H2,1-5H3,(H2,13,15)(H,14,16). The first-order valence-electron chi connectivity index (χ1n) is 5.98. The van der Waals surface area contributed by atoms with Crippen LogP contribution in [0.15, 0.2) is 5.16 Å². The maximum atomic E-state index is 12.1. The molecule has 17 heavy (non-hydrogen) atoms. The summed E-state index contributed by atoms with van der Waals surface area (Å²) >= 11 is 0. The Kier molecular flexibility index (Phi) is 3.41. The lowest BCUT2D eigenvalue weighted by Gasteiger charge is -2.16. The molecule has 0 radical (unpaired) electrons. The number of oxime groups is 1. The Labute approximate surface area is 102 Å². The molecule has 5 nitrogen and oxygen atoms in total. The predicted octanol–water partition coefficient (Wildman–Crippen LogP) is 1.31. The van der Waals surface area contributed by atoms with Crippen molar-refractivity contribution in [3.05, 3.63) is 0 Å². The van der Waals surface area contributed by atoms with Crippen LogP contribution in [0, 0.1) is 16.7 Å². The number of hydrogen-bond donors (Lipinski definition) is 3. The molecule has 1 amide bonds. The average molecular weight is 241 g/mol. The van der Waals surface area contributed by atoms with Gasteiger partial charge in [0.2, 0.25) is 5.91 Å². The molecule has 1 unspecified atom stereocenters. The summed E-state index contributed by atoms with van der Waals surface area (Å²) in [5.41, 5.74) is 5.52. The second-order valence-electron chi connectivity index (χ2n) is 5.87. The van der Waals surface area contributed by atoms with E-state index in [1.54, 1.807) is 0 Å². The fourth-order valence-corrected chi connectivity index (χ4v) is 2.56. The van der Waals surface area contributed by atoms with Crippen molar-refractivity contribution in [2.24, 2.45) is 27.6 Å². The minimum Gasteiger partial charge on any atom is -0.409 e. The molecule has 1 aliphatic carbocycles. The lowest BCUT2D eigenvalue weighted by molar-refractivity contribution is -0.123. The lowest BCUT2D eigenvalue weighted by Crippen LogP contribution is -2.45. The van der Waals surface area contributed by atoms with Gasteiger partial charge in [-0.25, -0.2) is 0 Å². The van der Waals surface area contributed by atoms with E-state index in [1.165, 1.54) is 0 Å². The minimum atomic E-state index is -0.389. The molecular weight excluding hydrogens is 218 g/mol. The van der Waals surface area contributed by atoms with Crippen LogP contribution < -0.4 is 11.1 Å². The third-order valence-corrected chi connectivity index (χ3v) is 4.48. The summed E-state index contributed by atoms with van der Waals surface area (Å²) in [6.07, 6.45) is 0.606. The van der Waals surface area contributed by atoms with Gasteiger partial charge in [0.1, 0.15) is 0 Å². The van der Waals surface area contributed by atoms with E-state index in [0.29, 0.717) is 6.42 Å². The quantitative estimate of drug-likeness (QED) is 0.300. The molecule has 0 saturated heterocycles. The van der Waals surface area contributed by atoms with Gasteiger partial charge < -0.3 is 16.3 Å². The summed E-state index contributed by atoms with van der Waals surface area (Å²) in [7, 11) is 0. The van der Waals surface area contributed by atoms with Crippen molar-refractivity contribution in [3.8, 4) is 0 Å². The van der Waals surface area contributed by atoms with Gasteiger partial charge in [0.15, 0.2) is 5.84 Å². The van der Waals surface area contributed by atoms with Crippen molar-refractivity contribution >= 4 is 11.7 Å². The van der Waals surface area contributed by atoms with Crippen LogP contribution >= 0.6 is 0 Å². The molecule has 0 aromatic heterocycles. The minimum absolute atomic E-state index is 0.000490. The van der Waals surface area contributed by atoms with E-state index < -0.39 is 0 Å². The fraction of sp³-hybridized carbons (Fsp3) is 0.833. The second-order valence-corrected chi connectivity index (χ2v) is 5.87. The van der Waals surface area contributed by atoms with E-state index >= 15 is 0 Å². The van der Waals surface area contributed by atoms with Crippen molar-refractivity contribution in [2.75, 3.05) is 0 Å². The predicted molar refractivity (Wildman–Crippen MR) is 66.7 cm³/mol. The average Bonchev–Trinajstić information content (AvgIpc) is 2.64. The number of carbonyl (C=O) groups is 1. The highest BCUT2D eigenvalue weighted by molar-refractivity contribution is 5.92. The molecule has 0 aromatic rings. The number of amides is 1. The molecule has 0 spiro atoms.